The Morgan fingerprint density at radius 2 is 1.90 bits per heavy atom. The molecule has 1 heterocycles. The Kier molecular flexibility index (Phi) is 5.02. The molecule has 0 aliphatic carbocycles. The van der Waals surface area contributed by atoms with Crippen LogP contribution in [0.4, 0.5) is 0 Å². The largest absolute Gasteiger partial charge is 0.329 e. The lowest BCUT2D eigenvalue weighted by atomic mass is 10.0. The summed E-state index contributed by atoms with van der Waals surface area (Å²) < 4.78 is 1.24. The SMILES string of the molecule is CCCc1c(Cl)[nH]c(=O)n(CC(C)c2ccccc2)c1=O. The minimum Gasteiger partial charge on any atom is -0.297 e. The normalized spacial score (nSPS) is 12.3. The molecule has 2 rings (SSSR count). The van der Waals surface area contributed by atoms with Crippen LogP contribution in [0.2, 0.25) is 5.15 Å². The standard InChI is InChI=1S/C16H19ClN2O2/c1-3-7-13-14(17)18-16(21)19(15(13)20)10-11(2)12-8-5-4-6-9-12/h4-6,8-9,11H,3,7,10H2,1-2H3,(H,18,21). The number of hydrogen-bond donors (Lipinski definition) is 1. The number of rotatable bonds is 5. The molecule has 1 aromatic heterocycles. The van der Waals surface area contributed by atoms with Crippen LogP contribution in [-0.4, -0.2) is 9.55 Å². The molecule has 0 saturated heterocycles. The average molecular weight is 307 g/mol. The maximum absolute atomic E-state index is 12.4. The highest BCUT2D eigenvalue weighted by atomic mass is 35.5. The monoisotopic (exact) mass is 306 g/mol. The van der Waals surface area contributed by atoms with E-state index in [1.165, 1.54) is 4.57 Å². The van der Waals surface area contributed by atoms with Crippen LogP contribution in [0.1, 0.15) is 37.3 Å². The minimum absolute atomic E-state index is 0.0700. The van der Waals surface area contributed by atoms with Gasteiger partial charge in [-0.25, -0.2) is 4.79 Å². The Morgan fingerprint density at radius 1 is 1.24 bits per heavy atom. The zero-order valence-corrected chi connectivity index (χ0v) is 13.0. The van der Waals surface area contributed by atoms with Crippen LogP contribution in [0.5, 0.6) is 0 Å². The second kappa shape index (κ2) is 6.76. The molecule has 1 aromatic carbocycles. The van der Waals surface area contributed by atoms with E-state index < -0.39 is 5.69 Å². The molecule has 2 aromatic rings. The Balaban J connectivity index is 2.38. The van der Waals surface area contributed by atoms with E-state index in [0.29, 0.717) is 18.5 Å². The summed E-state index contributed by atoms with van der Waals surface area (Å²) in [6.45, 7) is 4.30. The van der Waals surface area contributed by atoms with Gasteiger partial charge < -0.3 is 0 Å². The first kappa shape index (κ1) is 15.6. The lowest BCUT2D eigenvalue weighted by Gasteiger charge is -2.14. The van der Waals surface area contributed by atoms with Gasteiger partial charge >= 0.3 is 5.69 Å². The summed E-state index contributed by atoms with van der Waals surface area (Å²) in [6.07, 6.45) is 1.36. The van der Waals surface area contributed by atoms with Crippen molar-refractivity contribution in [1.82, 2.24) is 9.55 Å². The van der Waals surface area contributed by atoms with Crippen LogP contribution in [0.3, 0.4) is 0 Å². The minimum atomic E-state index is -0.451. The molecule has 21 heavy (non-hydrogen) atoms. The Labute approximate surface area is 128 Å². The summed E-state index contributed by atoms with van der Waals surface area (Å²) in [5, 5.41) is 0.162. The predicted molar refractivity (Wildman–Crippen MR) is 85.2 cm³/mol. The molecule has 4 nitrogen and oxygen atoms in total. The van der Waals surface area contributed by atoms with Crippen LogP contribution in [-0.2, 0) is 13.0 Å². The molecule has 0 radical (unpaired) electrons. The van der Waals surface area contributed by atoms with Crippen molar-refractivity contribution in [3.05, 3.63) is 67.4 Å². The molecule has 0 aliphatic rings. The van der Waals surface area contributed by atoms with E-state index in [1.54, 1.807) is 0 Å². The smallest absolute Gasteiger partial charge is 0.297 e. The molecule has 0 bridgehead atoms. The zero-order chi connectivity index (χ0) is 15.4. The molecule has 1 atom stereocenters. The van der Waals surface area contributed by atoms with Crippen molar-refractivity contribution >= 4 is 11.6 Å². The first-order valence-electron chi connectivity index (χ1n) is 7.11. The fraction of sp³-hybridized carbons (Fsp3) is 0.375. The highest BCUT2D eigenvalue weighted by molar-refractivity contribution is 6.30. The quantitative estimate of drug-likeness (QED) is 0.864. The zero-order valence-electron chi connectivity index (χ0n) is 12.2. The Morgan fingerprint density at radius 3 is 2.52 bits per heavy atom. The van der Waals surface area contributed by atoms with Crippen molar-refractivity contribution in [2.24, 2.45) is 0 Å². The fourth-order valence-electron chi connectivity index (χ4n) is 2.38. The molecule has 0 fully saturated rings. The van der Waals surface area contributed by atoms with Gasteiger partial charge in [-0.1, -0.05) is 62.2 Å². The molecule has 1 unspecified atom stereocenters. The van der Waals surface area contributed by atoms with Gasteiger partial charge in [-0.05, 0) is 17.9 Å². The van der Waals surface area contributed by atoms with Crippen LogP contribution in [0, 0.1) is 0 Å². The summed E-state index contributed by atoms with van der Waals surface area (Å²) in [5.74, 6) is 0.0700. The van der Waals surface area contributed by atoms with E-state index in [1.807, 2.05) is 44.2 Å². The van der Waals surface area contributed by atoms with E-state index in [4.69, 9.17) is 11.6 Å². The van der Waals surface area contributed by atoms with Crippen LogP contribution in [0.25, 0.3) is 0 Å². The third kappa shape index (κ3) is 3.45. The molecular formula is C16H19ClN2O2. The molecule has 0 amide bonds. The maximum Gasteiger partial charge on any atom is 0.329 e. The summed E-state index contributed by atoms with van der Waals surface area (Å²) >= 11 is 5.97. The van der Waals surface area contributed by atoms with Crippen LogP contribution in [0.15, 0.2) is 39.9 Å². The molecular weight excluding hydrogens is 288 g/mol. The topological polar surface area (TPSA) is 54.9 Å². The van der Waals surface area contributed by atoms with Gasteiger partial charge in [-0.3, -0.25) is 14.3 Å². The lowest BCUT2D eigenvalue weighted by molar-refractivity contribution is 0.548. The molecule has 5 heteroatoms. The first-order valence-corrected chi connectivity index (χ1v) is 7.48. The number of aromatic amines is 1. The number of H-pyrrole nitrogens is 1. The van der Waals surface area contributed by atoms with Gasteiger partial charge in [0, 0.05) is 6.54 Å². The summed E-state index contributed by atoms with van der Waals surface area (Å²) in [7, 11) is 0. The Bertz CT molecular complexity index is 719. The molecule has 0 saturated carbocycles. The molecule has 112 valence electrons. The van der Waals surface area contributed by atoms with E-state index in [2.05, 4.69) is 4.98 Å². The third-order valence-electron chi connectivity index (χ3n) is 3.56. The van der Waals surface area contributed by atoms with Gasteiger partial charge in [0.05, 0.1) is 5.56 Å². The van der Waals surface area contributed by atoms with Crippen molar-refractivity contribution in [1.29, 1.82) is 0 Å². The van der Waals surface area contributed by atoms with E-state index >= 15 is 0 Å². The predicted octanol–water partition coefficient (Wildman–Crippen LogP) is 2.95. The van der Waals surface area contributed by atoms with Gasteiger partial charge in [0.15, 0.2) is 0 Å². The second-order valence-electron chi connectivity index (χ2n) is 5.20. The van der Waals surface area contributed by atoms with Gasteiger partial charge in [0.25, 0.3) is 5.56 Å². The van der Waals surface area contributed by atoms with E-state index in [0.717, 1.165) is 12.0 Å². The van der Waals surface area contributed by atoms with Gasteiger partial charge in [0.1, 0.15) is 5.15 Å². The summed E-state index contributed by atoms with van der Waals surface area (Å²) in [6, 6.07) is 9.82. The lowest BCUT2D eigenvalue weighted by Crippen LogP contribution is -2.38. The maximum atomic E-state index is 12.4. The molecule has 0 spiro atoms. The Hall–Kier alpha value is -1.81. The average Bonchev–Trinajstić information content (AvgIpc) is 2.48. The van der Waals surface area contributed by atoms with Crippen molar-refractivity contribution < 1.29 is 0 Å². The van der Waals surface area contributed by atoms with E-state index in [-0.39, 0.29) is 16.6 Å². The first-order chi connectivity index (χ1) is 10.0. The second-order valence-corrected chi connectivity index (χ2v) is 5.58. The number of aromatic nitrogens is 2. The number of benzene rings is 1. The van der Waals surface area contributed by atoms with Crippen molar-refractivity contribution in [3.63, 3.8) is 0 Å². The molecule has 0 aliphatic heterocycles. The molecule has 1 N–H and O–H groups in total. The van der Waals surface area contributed by atoms with Crippen LogP contribution >= 0.6 is 11.6 Å². The summed E-state index contributed by atoms with van der Waals surface area (Å²) in [4.78, 5) is 27.0. The summed E-state index contributed by atoms with van der Waals surface area (Å²) in [5.41, 5.74) is 0.843. The van der Waals surface area contributed by atoms with Gasteiger partial charge in [0.2, 0.25) is 0 Å². The number of hydrogen-bond acceptors (Lipinski definition) is 2. The number of halogens is 1. The van der Waals surface area contributed by atoms with Crippen molar-refractivity contribution in [3.8, 4) is 0 Å². The fourth-order valence-corrected chi connectivity index (χ4v) is 2.64. The number of nitrogens with one attached hydrogen (secondary N) is 1. The van der Waals surface area contributed by atoms with Crippen molar-refractivity contribution in [2.45, 2.75) is 39.2 Å². The highest BCUT2D eigenvalue weighted by Gasteiger charge is 2.15. The third-order valence-corrected chi connectivity index (χ3v) is 3.88. The van der Waals surface area contributed by atoms with Crippen LogP contribution < -0.4 is 11.2 Å². The van der Waals surface area contributed by atoms with Crippen molar-refractivity contribution in [2.75, 3.05) is 0 Å². The van der Waals surface area contributed by atoms with E-state index in [9.17, 15) is 9.59 Å². The van der Waals surface area contributed by atoms with Gasteiger partial charge in [-0.15, -0.1) is 0 Å². The van der Waals surface area contributed by atoms with Gasteiger partial charge in [-0.2, -0.15) is 0 Å². The number of nitrogens with zero attached hydrogens (tertiary/aromatic N) is 1. The highest BCUT2D eigenvalue weighted by Crippen LogP contribution is 2.16.